The van der Waals surface area contributed by atoms with Gasteiger partial charge in [0.1, 0.15) is 23.4 Å². The number of nitrogens with one attached hydrogen (secondary N) is 2. The van der Waals surface area contributed by atoms with E-state index in [-0.39, 0.29) is 11.9 Å². The van der Waals surface area contributed by atoms with Crippen molar-refractivity contribution in [2.75, 3.05) is 24.7 Å². The van der Waals surface area contributed by atoms with Gasteiger partial charge in [0.2, 0.25) is 0 Å². The van der Waals surface area contributed by atoms with Gasteiger partial charge in [0.25, 0.3) is 0 Å². The highest BCUT2D eigenvalue weighted by molar-refractivity contribution is 5.93. The zero-order valence-corrected chi connectivity index (χ0v) is 19.5. The zero-order chi connectivity index (χ0) is 24.3. The second-order valence-electron chi connectivity index (χ2n) is 9.60. The number of hydrogen-bond donors (Lipinski definition) is 3. The third kappa shape index (κ3) is 3.57. The quantitative estimate of drug-likeness (QED) is 0.484. The van der Waals surface area contributed by atoms with E-state index in [1.165, 1.54) is 13.4 Å². The number of nitrogen functional groups attached to an aromatic ring is 1. The number of nitrogens with zero attached hydrogens (tertiary/aromatic N) is 4. The van der Waals surface area contributed by atoms with Gasteiger partial charge >= 0.3 is 12.1 Å². The van der Waals surface area contributed by atoms with E-state index in [2.05, 4.69) is 20.6 Å². The fraction of sp³-hybridized carbons (Fsp3) is 0.435. The van der Waals surface area contributed by atoms with Gasteiger partial charge in [0.05, 0.1) is 30.1 Å². The van der Waals surface area contributed by atoms with E-state index in [4.69, 9.17) is 20.3 Å². The molecule has 4 N–H and O–H groups in total. The summed E-state index contributed by atoms with van der Waals surface area (Å²) in [6, 6.07) is 5.54. The number of rotatable bonds is 5. The number of fused-ring (bicyclic) bond motifs is 4. The Kier molecular flexibility index (Phi) is 4.88. The molecule has 11 nitrogen and oxygen atoms in total. The minimum absolute atomic E-state index is 0.195. The molecular weight excluding hydrogens is 438 g/mol. The van der Waals surface area contributed by atoms with Crippen molar-refractivity contribution >= 4 is 34.6 Å². The summed E-state index contributed by atoms with van der Waals surface area (Å²) in [6.07, 6.45) is 1.75. The van der Waals surface area contributed by atoms with Gasteiger partial charge in [-0.25, -0.2) is 24.2 Å². The third-order valence-corrected chi connectivity index (χ3v) is 6.14. The van der Waals surface area contributed by atoms with Crippen LogP contribution in [0.2, 0.25) is 0 Å². The number of methoxy groups -OCH3 is 1. The smallest absolute Gasteiger partial charge is 0.407 e. The summed E-state index contributed by atoms with van der Waals surface area (Å²) in [4.78, 5) is 32.6. The molecule has 1 aromatic carbocycles. The van der Waals surface area contributed by atoms with E-state index in [0.717, 1.165) is 23.4 Å². The van der Waals surface area contributed by atoms with Crippen molar-refractivity contribution in [3.63, 3.8) is 0 Å². The zero-order valence-electron chi connectivity index (χ0n) is 19.5. The van der Waals surface area contributed by atoms with Crippen molar-refractivity contribution in [3.8, 4) is 0 Å². The highest BCUT2D eigenvalue weighted by Crippen LogP contribution is 2.67. The first-order valence-corrected chi connectivity index (χ1v) is 11.1. The number of anilines is 2. The lowest BCUT2D eigenvalue weighted by atomic mass is 10.0. The molecule has 3 aromatic rings. The summed E-state index contributed by atoms with van der Waals surface area (Å²) in [5.74, 6) is 0.156. The predicted octanol–water partition coefficient (Wildman–Crippen LogP) is 2.53. The van der Waals surface area contributed by atoms with Crippen LogP contribution in [0.3, 0.4) is 0 Å². The van der Waals surface area contributed by atoms with Gasteiger partial charge in [0, 0.05) is 18.2 Å². The van der Waals surface area contributed by atoms with Crippen LogP contribution < -0.4 is 16.4 Å². The molecule has 2 unspecified atom stereocenters. The second-order valence-corrected chi connectivity index (χ2v) is 9.60. The van der Waals surface area contributed by atoms with Gasteiger partial charge in [-0.2, -0.15) is 5.10 Å². The fourth-order valence-corrected chi connectivity index (χ4v) is 4.63. The Morgan fingerprint density at radius 1 is 1.32 bits per heavy atom. The first kappa shape index (κ1) is 21.9. The molecule has 2 atom stereocenters. The maximum Gasteiger partial charge on any atom is 0.407 e. The van der Waals surface area contributed by atoms with Crippen LogP contribution in [0.5, 0.6) is 0 Å². The predicted molar refractivity (Wildman–Crippen MR) is 124 cm³/mol. The molecule has 3 heterocycles. The summed E-state index contributed by atoms with van der Waals surface area (Å²) < 4.78 is 11.9. The van der Waals surface area contributed by atoms with Crippen LogP contribution in [0.4, 0.5) is 16.3 Å². The van der Waals surface area contributed by atoms with Crippen LogP contribution in [0.15, 0.2) is 24.5 Å². The first-order valence-electron chi connectivity index (χ1n) is 11.1. The number of amides is 1. The standard InChI is InChI=1S/C23H27N7O4/c1-22(2,3)34-21(32)25-7-8-30-19-16(18(24)26-11-27-19)17(29-30)23-10-14(23)13-6-5-12(20(31)33-4)9-15(13)28-23/h5-6,9,11,14,28H,7-8,10H2,1-4H3,(H,25,32)(H2,24,26,27). The van der Waals surface area contributed by atoms with Crippen molar-refractivity contribution in [3.05, 3.63) is 41.3 Å². The van der Waals surface area contributed by atoms with Crippen LogP contribution in [0.1, 0.15) is 54.7 Å². The SMILES string of the molecule is COC(=O)c1ccc2c(c1)NC1(c3nn(CCNC(=O)OC(C)(C)C)c4ncnc(N)c34)CC21. The van der Waals surface area contributed by atoms with Crippen LogP contribution in [-0.4, -0.2) is 51.1 Å². The van der Waals surface area contributed by atoms with E-state index in [9.17, 15) is 9.59 Å². The van der Waals surface area contributed by atoms with Gasteiger partial charge < -0.3 is 25.8 Å². The summed E-state index contributed by atoms with van der Waals surface area (Å²) in [5.41, 5.74) is 9.09. The summed E-state index contributed by atoms with van der Waals surface area (Å²) in [7, 11) is 1.36. The lowest BCUT2D eigenvalue weighted by Crippen LogP contribution is -2.34. The number of carbonyl (C=O) groups excluding carboxylic acids is 2. The van der Waals surface area contributed by atoms with E-state index in [0.29, 0.717) is 35.5 Å². The molecule has 2 aliphatic rings. The Morgan fingerprint density at radius 2 is 2.12 bits per heavy atom. The molecule has 1 fully saturated rings. The Balaban J connectivity index is 1.43. The van der Waals surface area contributed by atoms with E-state index in [1.807, 2.05) is 26.8 Å². The number of carbonyl (C=O) groups is 2. The van der Waals surface area contributed by atoms with Gasteiger partial charge in [-0.3, -0.25) is 0 Å². The molecule has 0 radical (unpaired) electrons. The largest absolute Gasteiger partial charge is 0.465 e. The second kappa shape index (κ2) is 7.57. The molecule has 11 heteroatoms. The lowest BCUT2D eigenvalue weighted by molar-refractivity contribution is 0.0524. The highest BCUT2D eigenvalue weighted by Gasteiger charge is 2.63. The van der Waals surface area contributed by atoms with E-state index < -0.39 is 17.2 Å². The molecule has 1 aliphatic heterocycles. The Bertz CT molecular complexity index is 1310. The normalized spacial score (nSPS) is 20.3. The molecule has 0 spiro atoms. The number of hydrogen-bond acceptors (Lipinski definition) is 9. The molecule has 1 amide bonds. The molecular formula is C23H27N7O4. The lowest BCUT2D eigenvalue weighted by Gasteiger charge is -2.19. The van der Waals surface area contributed by atoms with Crippen LogP contribution >= 0.6 is 0 Å². The minimum atomic E-state index is -0.575. The Labute approximate surface area is 196 Å². The molecule has 1 aliphatic carbocycles. The first-order chi connectivity index (χ1) is 16.1. The van der Waals surface area contributed by atoms with Gasteiger partial charge in [-0.05, 0) is 44.9 Å². The van der Waals surface area contributed by atoms with Crippen molar-refractivity contribution in [2.45, 2.75) is 50.8 Å². The minimum Gasteiger partial charge on any atom is -0.465 e. The molecule has 2 aromatic heterocycles. The number of nitrogens with two attached hydrogens (primary N) is 1. The number of benzene rings is 1. The highest BCUT2D eigenvalue weighted by atomic mass is 16.6. The van der Waals surface area contributed by atoms with Crippen LogP contribution in [-0.2, 0) is 21.6 Å². The summed E-state index contributed by atoms with van der Waals surface area (Å²) >= 11 is 0. The molecule has 5 rings (SSSR count). The Morgan fingerprint density at radius 3 is 2.85 bits per heavy atom. The maximum atomic E-state index is 12.0. The molecule has 0 saturated heterocycles. The topological polar surface area (TPSA) is 146 Å². The number of esters is 1. The number of ether oxygens (including phenoxy) is 2. The summed E-state index contributed by atoms with van der Waals surface area (Å²) in [5, 5.41) is 11.9. The van der Waals surface area contributed by atoms with Crippen molar-refractivity contribution < 1.29 is 19.1 Å². The molecule has 0 bridgehead atoms. The fourth-order valence-electron chi connectivity index (χ4n) is 4.63. The number of aromatic nitrogens is 4. The summed E-state index contributed by atoms with van der Waals surface area (Å²) in [6.45, 7) is 6.12. The van der Waals surface area contributed by atoms with Crippen LogP contribution in [0.25, 0.3) is 11.0 Å². The Hall–Kier alpha value is -3.89. The molecule has 1 saturated carbocycles. The monoisotopic (exact) mass is 465 g/mol. The molecule has 34 heavy (non-hydrogen) atoms. The van der Waals surface area contributed by atoms with Crippen molar-refractivity contribution in [1.29, 1.82) is 0 Å². The van der Waals surface area contributed by atoms with Crippen LogP contribution in [0, 0.1) is 0 Å². The maximum absolute atomic E-state index is 12.0. The number of alkyl carbamates (subject to hydrolysis) is 1. The average molecular weight is 466 g/mol. The molecule has 178 valence electrons. The van der Waals surface area contributed by atoms with E-state index >= 15 is 0 Å². The van der Waals surface area contributed by atoms with Crippen molar-refractivity contribution in [1.82, 2.24) is 25.1 Å². The third-order valence-electron chi connectivity index (χ3n) is 6.14. The van der Waals surface area contributed by atoms with Gasteiger partial charge in [-0.15, -0.1) is 0 Å². The van der Waals surface area contributed by atoms with Crippen molar-refractivity contribution in [2.24, 2.45) is 0 Å². The van der Waals surface area contributed by atoms with E-state index in [1.54, 1.807) is 16.8 Å². The van der Waals surface area contributed by atoms with Gasteiger partial charge in [-0.1, -0.05) is 6.07 Å². The average Bonchev–Trinajstić information content (AvgIpc) is 3.22. The van der Waals surface area contributed by atoms with Gasteiger partial charge in [0.15, 0.2) is 5.65 Å².